The molecule has 0 aromatic carbocycles. The van der Waals surface area contributed by atoms with E-state index in [9.17, 15) is 0 Å². The van der Waals surface area contributed by atoms with Gasteiger partial charge in [0.15, 0.2) is 0 Å². The van der Waals surface area contributed by atoms with Gasteiger partial charge in [0.2, 0.25) is 0 Å². The van der Waals surface area contributed by atoms with Gasteiger partial charge >= 0.3 is 0 Å². The van der Waals surface area contributed by atoms with E-state index in [1.54, 1.807) is 0 Å². The Kier molecular flexibility index (Phi) is 10.7. The second-order valence-electron chi connectivity index (χ2n) is 5.00. The zero-order valence-corrected chi connectivity index (χ0v) is 11.9. The molecule has 110 valence electrons. The van der Waals surface area contributed by atoms with E-state index in [2.05, 4.69) is 6.07 Å². The summed E-state index contributed by atoms with van der Waals surface area (Å²) >= 11 is 0. The van der Waals surface area contributed by atoms with E-state index in [1.165, 1.54) is 12.8 Å². The lowest BCUT2D eigenvalue weighted by atomic mass is 10.1. The molecule has 0 aliphatic carbocycles. The second-order valence-corrected chi connectivity index (χ2v) is 5.00. The third kappa shape index (κ3) is 9.89. The van der Waals surface area contributed by atoms with Crippen molar-refractivity contribution in [3.63, 3.8) is 0 Å². The van der Waals surface area contributed by atoms with Crippen LogP contribution in [0.3, 0.4) is 0 Å². The van der Waals surface area contributed by atoms with Crippen molar-refractivity contribution in [2.45, 2.75) is 57.5 Å². The summed E-state index contributed by atoms with van der Waals surface area (Å²) in [6, 6.07) is 2.11. The van der Waals surface area contributed by atoms with Gasteiger partial charge in [-0.05, 0) is 44.9 Å². The van der Waals surface area contributed by atoms with Gasteiger partial charge in [-0.2, -0.15) is 5.26 Å². The molecule has 1 fully saturated rings. The Balaban J connectivity index is 1.72. The van der Waals surface area contributed by atoms with E-state index < -0.39 is 0 Å². The van der Waals surface area contributed by atoms with Gasteiger partial charge in [0.1, 0.15) is 0 Å². The van der Waals surface area contributed by atoms with Crippen molar-refractivity contribution in [1.82, 2.24) is 0 Å². The van der Waals surface area contributed by atoms with E-state index in [1.807, 2.05) is 0 Å². The zero-order chi connectivity index (χ0) is 13.6. The van der Waals surface area contributed by atoms with Crippen LogP contribution in [0.5, 0.6) is 0 Å². The number of unbranched alkanes of at least 4 members (excludes halogenated alkanes) is 3. The molecule has 19 heavy (non-hydrogen) atoms. The number of nitriles is 1. The highest BCUT2D eigenvalue weighted by molar-refractivity contribution is 4.67. The quantitative estimate of drug-likeness (QED) is 0.541. The van der Waals surface area contributed by atoms with Crippen LogP contribution >= 0.6 is 0 Å². The van der Waals surface area contributed by atoms with E-state index in [-0.39, 0.29) is 0 Å². The zero-order valence-electron chi connectivity index (χ0n) is 11.9. The van der Waals surface area contributed by atoms with Crippen LogP contribution in [0.4, 0.5) is 0 Å². The Morgan fingerprint density at radius 1 is 1.00 bits per heavy atom. The first-order valence-electron chi connectivity index (χ1n) is 7.57. The molecule has 0 aromatic heterocycles. The summed E-state index contributed by atoms with van der Waals surface area (Å²) in [7, 11) is 0. The Labute approximate surface area is 117 Å². The topological polar surface area (TPSA) is 51.5 Å². The summed E-state index contributed by atoms with van der Waals surface area (Å²) in [5.74, 6) is 0. The summed E-state index contributed by atoms with van der Waals surface area (Å²) in [6.07, 6.45) is 8.71. The highest BCUT2D eigenvalue weighted by Crippen LogP contribution is 2.12. The van der Waals surface area contributed by atoms with Crippen molar-refractivity contribution in [2.24, 2.45) is 0 Å². The molecule has 1 saturated heterocycles. The van der Waals surface area contributed by atoms with Crippen molar-refractivity contribution < 1.29 is 14.2 Å². The van der Waals surface area contributed by atoms with Crippen LogP contribution in [0.15, 0.2) is 0 Å². The Bertz CT molecular complexity index is 234. The lowest BCUT2D eigenvalue weighted by molar-refractivity contribution is -0.0412. The molecule has 0 bridgehead atoms. The van der Waals surface area contributed by atoms with Gasteiger partial charge in [-0.15, -0.1) is 0 Å². The molecule has 0 amide bonds. The smallest absolute Gasteiger partial charge is 0.0808 e. The van der Waals surface area contributed by atoms with Crippen molar-refractivity contribution in [3.05, 3.63) is 0 Å². The molecule has 1 aliphatic heterocycles. The first-order valence-corrected chi connectivity index (χ1v) is 7.57. The molecule has 1 aliphatic rings. The highest BCUT2D eigenvalue weighted by Gasteiger charge is 2.13. The molecule has 4 heteroatoms. The summed E-state index contributed by atoms with van der Waals surface area (Å²) in [5.41, 5.74) is 0. The van der Waals surface area contributed by atoms with Crippen molar-refractivity contribution in [2.75, 3.05) is 33.0 Å². The van der Waals surface area contributed by atoms with Gasteiger partial charge in [0.05, 0.1) is 18.8 Å². The Morgan fingerprint density at radius 3 is 2.53 bits per heavy atom. The van der Waals surface area contributed by atoms with Gasteiger partial charge in [0, 0.05) is 32.8 Å². The minimum absolute atomic E-state index is 0.331. The standard InChI is InChI=1S/C15H27NO3/c16-9-3-7-11-17-10-4-1-5-12-18-14-15-8-2-6-13-19-15/h15H,1-8,10-14H2. The van der Waals surface area contributed by atoms with Crippen LogP contribution in [-0.4, -0.2) is 39.1 Å². The molecule has 0 radical (unpaired) electrons. The maximum absolute atomic E-state index is 8.36. The van der Waals surface area contributed by atoms with Gasteiger partial charge in [-0.25, -0.2) is 0 Å². The molecule has 1 unspecified atom stereocenters. The van der Waals surface area contributed by atoms with E-state index in [0.717, 1.165) is 58.5 Å². The third-order valence-electron chi connectivity index (χ3n) is 3.23. The van der Waals surface area contributed by atoms with Crippen molar-refractivity contribution in [1.29, 1.82) is 5.26 Å². The number of hydrogen-bond acceptors (Lipinski definition) is 4. The fourth-order valence-electron chi connectivity index (χ4n) is 2.09. The predicted octanol–water partition coefficient (Wildman–Crippen LogP) is 3.06. The summed E-state index contributed by atoms with van der Waals surface area (Å²) < 4.78 is 16.7. The lowest BCUT2D eigenvalue weighted by Crippen LogP contribution is -2.24. The van der Waals surface area contributed by atoms with Crippen LogP contribution in [0.2, 0.25) is 0 Å². The minimum Gasteiger partial charge on any atom is -0.381 e. The third-order valence-corrected chi connectivity index (χ3v) is 3.23. The van der Waals surface area contributed by atoms with Gasteiger partial charge in [-0.1, -0.05) is 0 Å². The van der Waals surface area contributed by atoms with Gasteiger partial charge < -0.3 is 14.2 Å². The Hall–Kier alpha value is -0.630. The average Bonchev–Trinajstić information content (AvgIpc) is 2.46. The summed E-state index contributed by atoms with van der Waals surface area (Å²) in [4.78, 5) is 0. The van der Waals surface area contributed by atoms with E-state index >= 15 is 0 Å². The van der Waals surface area contributed by atoms with E-state index in [0.29, 0.717) is 19.1 Å². The van der Waals surface area contributed by atoms with Crippen molar-refractivity contribution in [3.8, 4) is 6.07 Å². The van der Waals surface area contributed by atoms with Crippen LogP contribution in [0.1, 0.15) is 51.4 Å². The normalized spacial score (nSPS) is 19.2. The predicted molar refractivity (Wildman–Crippen MR) is 73.9 cm³/mol. The fraction of sp³-hybridized carbons (Fsp3) is 0.933. The van der Waals surface area contributed by atoms with Crippen LogP contribution < -0.4 is 0 Å². The number of rotatable bonds is 11. The number of nitrogens with zero attached hydrogens (tertiary/aromatic N) is 1. The fourth-order valence-corrected chi connectivity index (χ4v) is 2.09. The molecule has 0 N–H and O–H groups in total. The van der Waals surface area contributed by atoms with Crippen LogP contribution in [-0.2, 0) is 14.2 Å². The van der Waals surface area contributed by atoms with Crippen LogP contribution in [0.25, 0.3) is 0 Å². The molecule has 1 atom stereocenters. The van der Waals surface area contributed by atoms with E-state index in [4.69, 9.17) is 19.5 Å². The molecule has 1 heterocycles. The Morgan fingerprint density at radius 2 is 1.79 bits per heavy atom. The molecule has 0 saturated carbocycles. The monoisotopic (exact) mass is 269 g/mol. The molecule has 4 nitrogen and oxygen atoms in total. The molecular formula is C15H27NO3. The first kappa shape index (κ1) is 16.4. The van der Waals surface area contributed by atoms with Crippen LogP contribution in [0, 0.1) is 11.3 Å². The molecular weight excluding hydrogens is 242 g/mol. The summed E-state index contributed by atoms with van der Waals surface area (Å²) in [6.45, 7) is 4.00. The highest BCUT2D eigenvalue weighted by atomic mass is 16.5. The average molecular weight is 269 g/mol. The molecule has 0 aromatic rings. The summed E-state index contributed by atoms with van der Waals surface area (Å²) in [5, 5.41) is 8.36. The molecule has 0 spiro atoms. The van der Waals surface area contributed by atoms with Crippen molar-refractivity contribution >= 4 is 0 Å². The largest absolute Gasteiger partial charge is 0.381 e. The van der Waals surface area contributed by atoms with Gasteiger partial charge in [-0.3, -0.25) is 0 Å². The number of hydrogen-bond donors (Lipinski definition) is 0. The second kappa shape index (κ2) is 12.4. The molecule has 1 rings (SSSR count). The number of ether oxygens (including phenoxy) is 3. The maximum atomic E-state index is 8.36. The lowest BCUT2D eigenvalue weighted by Gasteiger charge is -2.22. The van der Waals surface area contributed by atoms with Gasteiger partial charge in [0.25, 0.3) is 0 Å². The minimum atomic E-state index is 0.331. The SMILES string of the molecule is N#CCCCOCCCCCOCC1CCCCO1. The first-order chi connectivity index (χ1) is 9.43. The maximum Gasteiger partial charge on any atom is 0.0808 e.